The van der Waals surface area contributed by atoms with Gasteiger partial charge in [-0.1, -0.05) is 31.1 Å². The summed E-state index contributed by atoms with van der Waals surface area (Å²) in [5.41, 5.74) is 0.753. The first kappa shape index (κ1) is 14.5. The number of rotatable bonds is 6. The second-order valence-electron chi connectivity index (χ2n) is 5.00. The van der Waals surface area contributed by atoms with Crippen molar-refractivity contribution in [3.8, 4) is 0 Å². The SMILES string of the molecule is CCC(CC)(CO)NC(=O)Cc1noc2ccccc12. The number of fused-ring (bicyclic) bond motifs is 1. The van der Waals surface area contributed by atoms with Crippen molar-refractivity contribution in [2.75, 3.05) is 6.61 Å². The van der Waals surface area contributed by atoms with E-state index in [0.29, 0.717) is 24.1 Å². The van der Waals surface area contributed by atoms with Crippen molar-refractivity contribution in [1.82, 2.24) is 10.5 Å². The average molecular weight is 276 g/mol. The molecule has 0 aliphatic rings. The van der Waals surface area contributed by atoms with Crippen LogP contribution in [-0.2, 0) is 11.2 Å². The molecule has 1 aromatic heterocycles. The summed E-state index contributed by atoms with van der Waals surface area (Å²) in [6.45, 7) is 3.84. The number of amides is 1. The van der Waals surface area contributed by atoms with Gasteiger partial charge in [-0.25, -0.2) is 0 Å². The van der Waals surface area contributed by atoms with Crippen molar-refractivity contribution < 1.29 is 14.4 Å². The van der Waals surface area contributed by atoms with Gasteiger partial charge in [0.1, 0.15) is 5.69 Å². The maximum atomic E-state index is 12.1. The molecule has 0 saturated carbocycles. The monoisotopic (exact) mass is 276 g/mol. The third-order valence-corrected chi connectivity index (χ3v) is 3.84. The second-order valence-corrected chi connectivity index (χ2v) is 5.00. The lowest BCUT2D eigenvalue weighted by molar-refractivity contribution is -0.123. The second kappa shape index (κ2) is 6.05. The summed E-state index contributed by atoms with van der Waals surface area (Å²) in [6.07, 6.45) is 1.52. The number of nitrogens with zero attached hydrogens (tertiary/aromatic N) is 1. The van der Waals surface area contributed by atoms with Crippen LogP contribution in [0.15, 0.2) is 28.8 Å². The molecule has 2 aromatic rings. The van der Waals surface area contributed by atoms with Crippen LogP contribution in [0, 0.1) is 0 Å². The number of para-hydroxylation sites is 1. The lowest BCUT2D eigenvalue weighted by Gasteiger charge is -2.30. The summed E-state index contributed by atoms with van der Waals surface area (Å²) in [4.78, 5) is 12.1. The molecule has 0 aliphatic heterocycles. The van der Waals surface area contributed by atoms with E-state index in [4.69, 9.17) is 4.52 Å². The van der Waals surface area contributed by atoms with Crippen LogP contribution in [0.2, 0.25) is 0 Å². The Bertz CT molecular complexity index is 579. The number of aliphatic hydroxyl groups is 1. The molecular formula is C15H20N2O3. The van der Waals surface area contributed by atoms with Gasteiger partial charge in [-0.15, -0.1) is 0 Å². The molecule has 5 nitrogen and oxygen atoms in total. The molecule has 0 aliphatic carbocycles. The summed E-state index contributed by atoms with van der Waals surface area (Å²) in [5.74, 6) is -0.151. The number of benzene rings is 1. The highest BCUT2D eigenvalue weighted by Gasteiger charge is 2.27. The van der Waals surface area contributed by atoms with Gasteiger partial charge in [0.25, 0.3) is 0 Å². The number of hydrogen-bond acceptors (Lipinski definition) is 4. The molecule has 0 fully saturated rings. The zero-order chi connectivity index (χ0) is 14.6. The van der Waals surface area contributed by atoms with Crippen molar-refractivity contribution in [1.29, 1.82) is 0 Å². The van der Waals surface area contributed by atoms with Crippen molar-refractivity contribution in [3.63, 3.8) is 0 Å². The summed E-state index contributed by atoms with van der Waals surface area (Å²) >= 11 is 0. The molecule has 1 heterocycles. The van der Waals surface area contributed by atoms with Crippen molar-refractivity contribution >= 4 is 16.9 Å². The zero-order valence-electron chi connectivity index (χ0n) is 11.8. The number of nitrogens with one attached hydrogen (secondary N) is 1. The number of carbonyl (C=O) groups is 1. The fourth-order valence-corrected chi connectivity index (χ4v) is 2.25. The molecule has 0 saturated heterocycles. The Morgan fingerprint density at radius 3 is 2.70 bits per heavy atom. The van der Waals surface area contributed by atoms with Gasteiger partial charge < -0.3 is 14.9 Å². The van der Waals surface area contributed by atoms with Gasteiger partial charge in [-0.05, 0) is 25.0 Å². The Hall–Kier alpha value is -1.88. The highest BCUT2D eigenvalue weighted by molar-refractivity contribution is 5.86. The van der Waals surface area contributed by atoms with Gasteiger partial charge in [0.05, 0.1) is 18.6 Å². The molecule has 108 valence electrons. The first-order chi connectivity index (χ1) is 9.64. The van der Waals surface area contributed by atoms with Gasteiger partial charge in [0, 0.05) is 5.39 Å². The van der Waals surface area contributed by atoms with Gasteiger partial charge in [0.15, 0.2) is 5.58 Å². The largest absolute Gasteiger partial charge is 0.394 e. The number of aromatic nitrogens is 1. The standard InChI is InChI=1S/C15H20N2O3/c1-3-15(4-2,10-18)16-14(19)9-12-11-7-5-6-8-13(11)20-17-12/h5-8,18H,3-4,9-10H2,1-2H3,(H,16,19). The number of carbonyl (C=O) groups excluding carboxylic acids is 1. The topological polar surface area (TPSA) is 75.4 Å². The summed E-state index contributed by atoms with van der Waals surface area (Å²) in [5, 5.41) is 17.2. The van der Waals surface area contributed by atoms with E-state index < -0.39 is 5.54 Å². The van der Waals surface area contributed by atoms with Crippen LogP contribution in [0.25, 0.3) is 11.0 Å². The third-order valence-electron chi connectivity index (χ3n) is 3.84. The predicted molar refractivity (Wildman–Crippen MR) is 76.3 cm³/mol. The van der Waals surface area contributed by atoms with Crippen molar-refractivity contribution in [3.05, 3.63) is 30.0 Å². The maximum Gasteiger partial charge on any atom is 0.226 e. The zero-order valence-corrected chi connectivity index (χ0v) is 11.8. The molecule has 5 heteroatoms. The highest BCUT2D eigenvalue weighted by Crippen LogP contribution is 2.19. The fourth-order valence-electron chi connectivity index (χ4n) is 2.25. The number of hydrogen-bond donors (Lipinski definition) is 2. The molecule has 2 N–H and O–H groups in total. The van der Waals surface area contributed by atoms with Gasteiger partial charge in [-0.3, -0.25) is 4.79 Å². The molecular weight excluding hydrogens is 256 g/mol. The van der Waals surface area contributed by atoms with Crippen LogP contribution in [-0.4, -0.2) is 28.3 Å². The van der Waals surface area contributed by atoms with Gasteiger partial charge >= 0.3 is 0 Å². The molecule has 2 rings (SSSR count). The Kier molecular flexibility index (Phi) is 4.39. The van der Waals surface area contributed by atoms with E-state index in [-0.39, 0.29) is 18.9 Å². The first-order valence-electron chi connectivity index (χ1n) is 6.89. The van der Waals surface area contributed by atoms with Crippen LogP contribution in [0.1, 0.15) is 32.4 Å². The van der Waals surface area contributed by atoms with Crippen LogP contribution < -0.4 is 5.32 Å². The number of aliphatic hydroxyl groups excluding tert-OH is 1. The van der Waals surface area contributed by atoms with E-state index in [2.05, 4.69) is 10.5 Å². The van der Waals surface area contributed by atoms with E-state index in [0.717, 1.165) is 5.39 Å². The predicted octanol–water partition coefficient (Wildman–Crippen LogP) is 2.04. The Balaban J connectivity index is 2.12. The molecule has 0 radical (unpaired) electrons. The lowest BCUT2D eigenvalue weighted by Crippen LogP contribution is -2.51. The maximum absolute atomic E-state index is 12.1. The smallest absolute Gasteiger partial charge is 0.226 e. The molecule has 0 unspecified atom stereocenters. The average Bonchev–Trinajstić information content (AvgIpc) is 2.88. The Labute approximate surface area is 118 Å². The first-order valence-corrected chi connectivity index (χ1v) is 6.89. The normalized spacial score (nSPS) is 11.8. The highest BCUT2D eigenvalue weighted by atomic mass is 16.5. The minimum Gasteiger partial charge on any atom is -0.394 e. The van der Waals surface area contributed by atoms with Crippen LogP contribution >= 0.6 is 0 Å². The van der Waals surface area contributed by atoms with Gasteiger partial charge in [0.2, 0.25) is 5.91 Å². The Morgan fingerprint density at radius 2 is 2.05 bits per heavy atom. The molecule has 1 aromatic carbocycles. The van der Waals surface area contributed by atoms with E-state index >= 15 is 0 Å². The summed E-state index contributed by atoms with van der Waals surface area (Å²) < 4.78 is 5.18. The van der Waals surface area contributed by atoms with Crippen LogP contribution in [0.4, 0.5) is 0 Å². The Morgan fingerprint density at radius 1 is 1.35 bits per heavy atom. The van der Waals surface area contributed by atoms with E-state index in [1.807, 2.05) is 38.1 Å². The molecule has 0 bridgehead atoms. The van der Waals surface area contributed by atoms with Crippen molar-refractivity contribution in [2.24, 2.45) is 0 Å². The van der Waals surface area contributed by atoms with E-state index in [1.54, 1.807) is 0 Å². The third kappa shape index (κ3) is 2.82. The van der Waals surface area contributed by atoms with E-state index in [1.165, 1.54) is 0 Å². The molecule has 1 amide bonds. The molecule has 0 atom stereocenters. The van der Waals surface area contributed by atoms with Gasteiger partial charge in [-0.2, -0.15) is 0 Å². The summed E-state index contributed by atoms with van der Waals surface area (Å²) in [6, 6.07) is 7.45. The fraction of sp³-hybridized carbons (Fsp3) is 0.467. The van der Waals surface area contributed by atoms with Crippen LogP contribution in [0.5, 0.6) is 0 Å². The van der Waals surface area contributed by atoms with Crippen molar-refractivity contribution in [2.45, 2.75) is 38.6 Å². The van der Waals surface area contributed by atoms with Crippen LogP contribution in [0.3, 0.4) is 0 Å². The lowest BCUT2D eigenvalue weighted by atomic mass is 9.93. The molecule has 20 heavy (non-hydrogen) atoms. The minimum absolute atomic E-state index is 0.0642. The quantitative estimate of drug-likeness (QED) is 0.846. The minimum atomic E-state index is -0.545. The molecule has 0 spiro atoms. The van der Waals surface area contributed by atoms with E-state index in [9.17, 15) is 9.90 Å². The summed E-state index contributed by atoms with van der Waals surface area (Å²) in [7, 11) is 0.